The van der Waals surface area contributed by atoms with Crippen molar-refractivity contribution in [3.63, 3.8) is 0 Å². The SMILES string of the molecule is Cc1cc(F)ccc1Nc1c[n+]([O-])ccc1[N+](=O)[O-]. The van der Waals surface area contributed by atoms with Crippen LogP contribution in [0.4, 0.5) is 21.5 Å². The Labute approximate surface area is 107 Å². The first-order chi connectivity index (χ1) is 8.97. The fourth-order valence-corrected chi connectivity index (χ4v) is 1.64. The fourth-order valence-electron chi connectivity index (χ4n) is 1.64. The van der Waals surface area contributed by atoms with E-state index in [1.807, 2.05) is 0 Å². The molecule has 98 valence electrons. The first kappa shape index (κ1) is 12.7. The van der Waals surface area contributed by atoms with Crippen molar-refractivity contribution in [1.29, 1.82) is 0 Å². The molecule has 6 nitrogen and oxygen atoms in total. The summed E-state index contributed by atoms with van der Waals surface area (Å²) in [5.41, 5.74) is 0.902. The van der Waals surface area contributed by atoms with Crippen molar-refractivity contribution < 1.29 is 14.0 Å². The Kier molecular flexibility index (Phi) is 3.28. The molecule has 1 heterocycles. The molecule has 0 atom stereocenters. The number of hydrogen-bond donors (Lipinski definition) is 1. The van der Waals surface area contributed by atoms with Crippen molar-refractivity contribution in [3.05, 3.63) is 63.4 Å². The second-order valence-corrected chi connectivity index (χ2v) is 3.94. The summed E-state index contributed by atoms with van der Waals surface area (Å²) in [6.45, 7) is 1.66. The molecule has 0 radical (unpaired) electrons. The van der Waals surface area contributed by atoms with E-state index in [4.69, 9.17) is 0 Å². The quantitative estimate of drug-likeness (QED) is 0.399. The van der Waals surface area contributed by atoms with Gasteiger partial charge in [-0.25, -0.2) is 4.39 Å². The van der Waals surface area contributed by atoms with Gasteiger partial charge in [0, 0.05) is 5.69 Å². The molecule has 1 aromatic carbocycles. The van der Waals surface area contributed by atoms with Gasteiger partial charge in [0.2, 0.25) is 6.20 Å². The highest BCUT2D eigenvalue weighted by molar-refractivity contribution is 5.69. The summed E-state index contributed by atoms with van der Waals surface area (Å²) in [5, 5.41) is 24.8. The van der Waals surface area contributed by atoms with Crippen LogP contribution in [0, 0.1) is 28.1 Å². The lowest BCUT2D eigenvalue weighted by Crippen LogP contribution is -2.25. The fraction of sp³-hybridized carbons (Fsp3) is 0.0833. The summed E-state index contributed by atoms with van der Waals surface area (Å²) in [6.07, 6.45) is 2.10. The minimum Gasteiger partial charge on any atom is -0.619 e. The molecule has 0 saturated heterocycles. The Balaban J connectivity index is 2.42. The molecule has 0 spiro atoms. The van der Waals surface area contributed by atoms with Gasteiger partial charge in [-0.15, -0.1) is 0 Å². The summed E-state index contributed by atoms with van der Waals surface area (Å²) >= 11 is 0. The van der Waals surface area contributed by atoms with E-state index in [0.29, 0.717) is 16.0 Å². The van der Waals surface area contributed by atoms with E-state index in [1.165, 1.54) is 18.2 Å². The smallest absolute Gasteiger partial charge is 0.304 e. The number of aromatic nitrogens is 1. The second-order valence-electron chi connectivity index (χ2n) is 3.94. The molecule has 0 amide bonds. The van der Waals surface area contributed by atoms with Crippen molar-refractivity contribution in [2.45, 2.75) is 6.92 Å². The Bertz CT molecular complexity index is 646. The minimum atomic E-state index is -0.596. The van der Waals surface area contributed by atoms with Gasteiger partial charge < -0.3 is 10.5 Å². The first-order valence-corrected chi connectivity index (χ1v) is 5.38. The average Bonchev–Trinajstić information content (AvgIpc) is 2.32. The number of halogens is 1. The highest BCUT2D eigenvalue weighted by Crippen LogP contribution is 2.27. The van der Waals surface area contributed by atoms with Crippen LogP contribution in [0.1, 0.15) is 5.56 Å². The van der Waals surface area contributed by atoms with E-state index in [0.717, 1.165) is 18.5 Å². The van der Waals surface area contributed by atoms with E-state index < -0.39 is 10.7 Å². The molecule has 0 fully saturated rings. The molecule has 0 aliphatic heterocycles. The van der Waals surface area contributed by atoms with Gasteiger partial charge in [-0.2, -0.15) is 4.73 Å². The van der Waals surface area contributed by atoms with E-state index >= 15 is 0 Å². The molecule has 1 aromatic heterocycles. The first-order valence-electron chi connectivity index (χ1n) is 5.38. The van der Waals surface area contributed by atoms with Crippen LogP contribution in [0.3, 0.4) is 0 Å². The monoisotopic (exact) mass is 263 g/mol. The normalized spacial score (nSPS) is 10.2. The zero-order chi connectivity index (χ0) is 14.0. The van der Waals surface area contributed by atoms with Gasteiger partial charge in [-0.3, -0.25) is 10.1 Å². The molecular weight excluding hydrogens is 253 g/mol. The molecule has 2 aromatic rings. The van der Waals surface area contributed by atoms with Gasteiger partial charge in [-0.1, -0.05) is 0 Å². The number of hydrogen-bond acceptors (Lipinski definition) is 4. The van der Waals surface area contributed by atoms with Crippen molar-refractivity contribution in [1.82, 2.24) is 0 Å². The number of nitro groups is 1. The molecule has 7 heteroatoms. The van der Waals surface area contributed by atoms with Gasteiger partial charge in [0.1, 0.15) is 5.82 Å². The standard InChI is InChI=1S/C12H10FN3O3/c1-8-6-9(13)2-3-10(8)14-11-7-15(17)5-4-12(11)16(18)19/h2-7,14H,1H3. The van der Waals surface area contributed by atoms with Crippen LogP contribution >= 0.6 is 0 Å². The maximum atomic E-state index is 13.0. The Morgan fingerprint density at radius 3 is 2.68 bits per heavy atom. The van der Waals surface area contributed by atoms with Crippen LogP contribution in [-0.2, 0) is 0 Å². The van der Waals surface area contributed by atoms with Crippen LogP contribution in [0.5, 0.6) is 0 Å². The number of rotatable bonds is 3. The van der Waals surface area contributed by atoms with Crippen LogP contribution in [-0.4, -0.2) is 4.92 Å². The zero-order valence-corrected chi connectivity index (χ0v) is 9.96. The molecule has 2 rings (SSSR count). The van der Waals surface area contributed by atoms with Crippen molar-refractivity contribution in [2.75, 3.05) is 5.32 Å². The summed E-state index contributed by atoms with van der Waals surface area (Å²) in [5.74, 6) is -0.399. The highest BCUT2D eigenvalue weighted by atomic mass is 19.1. The van der Waals surface area contributed by atoms with E-state index in [-0.39, 0.29) is 11.4 Å². The summed E-state index contributed by atoms with van der Waals surface area (Å²) in [6, 6.07) is 5.09. The third-order valence-corrected chi connectivity index (χ3v) is 2.57. The number of nitrogens with one attached hydrogen (secondary N) is 1. The van der Waals surface area contributed by atoms with E-state index in [2.05, 4.69) is 5.32 Å². The van der Waals surface area contributed by atoms with Crippen LogP contribution < -0.4 is 10.0 Å². The predicted molar refractivity (Wildman–Crippen MR) is 66.5 cm³/mol. The molecule has 0 aliphatic carbocycles. The van der Waals surface area contributed by atoms with E-state index in [1.54, 1.807) is 6.92 Å². The number of pyridine rings is 1. The summed E-state index contributed by atoms with van der Waals surface area (Å²) in [7, 11) is 0. The topological polar surface area (TPSA) is 82.1 Å². The largest absolute Gasteiger partial charge is 0.619 e. The minimum absolute atomic E-state index is 0.0530. The Morgan fingerprint density at radius 1 is 1.32 bits per heavy atom. The zero-order valence-electron chi connectivity index (χ0n) is 9.96. The molecule has 0 saturated carbocycles. The van der Waals surface area contributed by atoms with Crippen LogP contribution in [0.2, 0.25) is 0 Å². The third kappa shape index (κ3) is 2.76. The number of anilines is 2. The summed E-state index contributed by atoms with van der Waals surface area (Å²) in [4.78, 5) is 10.3. The molecule has 19 heavy (non-hydrogen) atoms. The molecular formula is C12H10FN3O3. The van der Waals surface area contributed by atoms with Crippen LogP contribution in [0.15, 0.2) is 36.7 Å². The maximum Gasteiger partial charge on any atom is 0.304 e. The van der Waals surface area contributed by atoms with Crippen molar-refractivity contribution >= 4 is 17.1 Å². The molecule has 0 bridgehead atoms. The van der Waals surface area contributed by atoms with Gasteiger partial charge in [0.15, 0.2) is 11.9 Å². The predicted octanol–water partition coefficient (Wildman–Crippen LogP) is 2.42. The van der Waals surface area contributed by atoms with Gasteiger partial charge >= 0.3 is 5.69 Å². The van der Waals surface area contributed by atoms with Crippen molar-refractivity contribution in [3.8, 4) is 0 Å². The van der Waals surface area contributed by atoms with E-state index in [9.17, 15) is 19.7 Å². The lowest BCUT2D eigenvalue weighted by Gasteiger charge is -2.09. The highest BCUT2D eigenvalue weighted by Gasteiger charge is 2.17. The second kappa shape index (κ2) is 4.89. The lowest BCUT2D eigenvalue weighted by molar-refractivity contribution is -0.605. The average molecular weight is 263 g/mol. The van der Waals surface area contributed by atoms with Crippen LogP contribution in [0.25, 0.3) is 0 Å². The summed E-state index contributed by atoms with van der Waals surface area (Å²) < 4.78 is 13.4. The van der Waals surface area contributed by atoms with Gasteiger partial charge in [0.05, 0.1) is 11.0 Å². The van der Waals surface area contributed by atoms with Gasteiger partial charge in [0.25, 0.3) is 0 Å². The Hall–Kier alpha value is -2.70. The Morgan fingerprint density at radius 2 is 2.05 bits per heavy atom. The molecule has 1 N–H and O–H groups in total. The number of nitrogens with zero attached hydrogens (tertiary/aromatic N) is 2. The van der Waals surface area contributed by atoms with Gasteiger partial charge in [-0.05, 0) is 30.7 Å². The number of benzene rings is 1. The van der Waals surface area contributed by atoms with Crippen molar-refractivity contribution in [2.24, 2.45) is 0 Å². The number of aryl methyl sites for hydroxylation is 1. The maximum absolute atomic E-state index is 13.0. The molecule has 0 aliphatic rings. The lowest BCUT2D eigenvalue weighted by atomic mass is 10.2. The third-order valence-electron chi connectivity index (χ3n) is 2.57. The molecule has 0 unspecified atom stereocenters.